The van der Waals surface area contributed by atoms with Crippen molar-refractivity contribution in [1.29, 1.82) is 5.41 Å². The number of nitrogen functional groups attached to an aromatic ring is 1. The molecule has 4 aromatic carbocycles. The minimum atomic E-state index is -1.52. The fraction of sp³-hybridized carbons (Fsp3) is 0.182. The third kappa shape index (κ3) is 5.84. The van der Waals surface area contributed by atoms with Crippen LogP contribution in [-0.2, 0) is 26.5 Å². The monoisotopic (exact) mass is 595 g/mol. The van der Waals surface area contributed by atoms with Gasteiger partial charge in [0.1, 0.15) is 23.7 Å². The van der Waals surface area contributed by atoms with Gasteiger partial charge < -0.3 is 21.1 Å². The molecule has 1 heterocycles. The number of amides is 4. The number of nitrogens with one attached hydrogen (secondary N) is 2. The molecular weight excluding hydrogens is 565 g/mol. The van der Waals surface area contributed by atoms with Gasteiger partial charge in [-0.1, -0.05) is 72.8 Å². The van der Waals surface area contributed by atoms with Gasteiger partial charge in [-0.2, -0.15) is 0 Å². The zero-order valence-electron chi connectivity index (χ0n) is 23.8. The van der Waals surface area contributed by atoms with E-state index in [0.29, 0.717) is 16.7 Å². The minimum Gasteiger partial charge on any atom is -0.481 e. The van der Waals surface area contributed by atoms with Crippen LogP contribution in [0.2, 0.25) is 0 Å². The second-order valence-electron chi connectivity index (χ2n) is 10.8. The quantitative estimate of drug-likeness (QED) is 0.122. The number of fused-ring (bicyclic) bond motifs is 1. The van der Waals surface area contributed by atoms with E-state index in [0.717, 1.165) is 33.4 Å². The number of imide groups is 1. The number of carboxylic acids is 1. The van der Waals surface area contributed by atoms with Gasteiger partial charge >= 0.3 is 12.0 Å². The smallest absolute Gasteiger partial charge is 0.328 e. The number of nitrogens with zero attached hydrogens (tertiary/aromatic N) is 2. The van der Waals surface area contributed by atoms with E-state index in [2.05, 4.69) is 5.32 Å². The predicted octanol–water partition coefficient (Wildman–Crippen LogP) is 4.27. The van der Waals surface area contributed by atoms with Crippen molar-refractivity contribution < 1.29 is 28.7 Å². The van der Waals surface area contributed by atoms with E-state index in [1.54, 1.807) is 31.2 Å². The lowest BCUT2D eigenvalue weighted by molar-refractivity contribution is -0.139. The van der Waals surface area contributed by atoms with Crippen LogP contribution in [0.25, 0.3) is 10.8 Å². The van der Waals surface area contributed by atoms with E-state index < -0.39 is 54.2 Å². The maximum Gasteiger partial charge on any atom is 0.328 e. The van der Waals surface area contributed by atoms with Crippen molar-refractivity contribution in [3.05, 3.63) is 119 Å². The molecule has 0 bridgehead atoms. The molecule has 1 aliphatic heterocycles. The highest BCUT2D eigenvalue weighted by atomic mass is 19.1. The summed E-state index contributed by atoms with van der Waals surface area (Å²) in [6.07, 6.45) is -0.492. The molecule has 1 aliphatic rings. The molecular formula is C33H30FN5O5. The molecule has 224 valence electrons. The van der Waals surface area contributed by atoms with Crippen LogP contribution in [0.5, 0.6) is 0 Å². The summed E-state index contributed by atoms with van der Waals surface area (Å²) >= 11 is 0. The molecule has 5 N–H and O–H groups in total. The Kier molecular flexibility index (Phi) is 8.13. The second kappa shape index (κ2) is 12.0. The largest absolute Gasteiger partial charge is 0.481 e. The molecule has 2 atom stereocenters. The maximum absolute atomic E-state index is 14.1. The Morgan fingerprint density at radius 1 is 0.977 bits per heavy atom. The van der Waals surface area contributed by atoms with E-state index in [-0.39, 0.29) is 12.4 Å². The van der Waals surface area contributed by atoms with Crippen LogP contribution in [0.4, 0.5) is 9.18 Å². The molecule has 0 aromatic heterocycles. The first-order valence-corrected chi connectivity index (χ1v) is 13.8. The van der Waals surface area contributed by atoms with Crippen LogP contribution < -0.4 is 11.1 Å². The number of halogens is 1. The van der Waals surface area contributed by atoms with Crippen molar-refractivity contribution >= 4 is 40.4 Å². The van der Waals surface area contributed by atoms with Crippen LogP contribution in [0.3, 0.4) is 0 Å². The average molecular weight is 596 g/mol. The zero-order valence-corrected chi connectivity index (χ0v) is 23.8. The number of aliphatic carboxylic acids is 1. The first-order valence-electron chi connectivity index (χ1n) is 13.8. The molecule has 5 rings (SSSR count). The number of benzene rings is 4. The molecule has 1 fully saturated rings. The van der Waals surface area contributed by atoms with E-state index in [1.807, 2.05) is 42.5 Å². The van der Waals surface area contributed by atoms with Crippen molar-refractivity contribution in [2.45, 2.75) is 31.5 Å². The van der Waals surface area contributed by atoms with Crippen LogP contribution in [0, 0.1) is 11.2 Å². The summed E-state index contributed by atoms with van der Waals surface area (Å²) in [6.45, 7) is 0.987. The highest BCUT2D eigenvalue weighted by molar-refractivity contribution is 6.09. The van der Waals surface area contributed by atoms with Crippen LogP contribution >= 0.6 is 0 Å². The number of hydrogen-bond acceptors (Lipinski definition) is 5. The Hall–Kier alpha value is -5.58. The van der Waals surface area contributed by atoms with Gasteiger partial charge in [0.05, 0.1) is 12.5 Å². The third-order valence-corrected chi connectivity index (χ3v) is 7.86. The number of rotatable bonds is 10. The van der Waals surface area contributed by atoms with Gasteiger partial charge in [0.15, 0.2) is 0 Å². The lowest BCUT2D eigenvalue weighted by Gasteiger charge is -2.32. The molecule has 44 heavy (non-hydrogen) atoms. The topological polar surface area (TPSA) is 157 Å². The van der Waals surface area contributed by atoms with Gasteiger partial charge in [-0.25, -0.2) is 9.18 Å². The normalized spacial score (nSPS) is 17.1. The Morgan fingerprint density at radius 2 is 1.64 bits per heavy atom. The highest BCUT2D eigenvalue weighted by Crippen LogP contribution is 2.39. The molecule has 10 nitrogen and oxygen atoms in total. The number of carbonyl (C=O) groups is 4. The molecule has 0 aliphatic carbocycles. The molecule has 11 heteroatoms. The van der Waals surface area contributed by atoms with E-state index in [4.69, 9.17) is 11.1 Å². The third-order valence-electron chi connectivity index (χ3n) is 7.86. The molecule has 4 aromatic rings. The fourth-order valence-corrected chi connectivity index (χ4v) is 5.45. The highest BCUT2D eigenvalue weighted by Gasteiger charge is 2.55. The van der Waals surface area contributed by atoms with Gasteiger partial charge in [0.2, 0.25) is 5.91 Å². The van der Waals surface area contributed by atoms with Crippen LogP contribution in [-0.4, -0.2) is 51.1 Å². The summed E-state index contributed by atoms with van der Waals surface area (Å²) in [7, 11) is 0. The van der Waals surface area contributed by atoms with Crippen molar-refractivity contribution in [1.82, 2.24) is 15.1 Å². The Bertz CT molecular complexity index is 1780. The first kappa shape index (κ1) is 29.9. The van der Waals surface area contributed by atoms with E-state index >= 15 is 0 Å². The Morgan fingerprint density at radius 3 is 2.27 bits per heavy atom. The number of hydrogen-bond donors (Lipinski definition) is 4. The van der Waals surface area contributed by atoms with Gasteiger partial charge in [-0.3, -0.25) is 24.7 Å². The lowest BCUT2D eigenvalue weighted by Crippen LogP contribution is -2.44. The van der Waals surface area contributed by atoms with Gasteiger partial charge in [-0.05, 0) is 52.6 Å². The van der Waals surface area contributed by atoms with Crippen molar-refractivity contribution in [2.24, 2.45) is 5.73 Å². The lowest BCUT2D eigenvalue weighted by atomic mass is 9.89. The van der Waals surface area contributed by atoms with Gasteiger partial charge in [0.25, 0.3) is 5.91 Å². The molecule has 1 saturated heterocycles. The summed E-state index contributed by atoms with van der Waals surface area (Å²) in [5, 5.41) is 21.7. The van der Waals surface area contributed by atoms with Gasteiger partial charge in [0, 0.05) is 12.1 Å². The number of amidine groups is 1. The molecule has 0 saturated carbocycles. The van der Waals surface area contributed by atoms with Crippen molar-refractivity contribution in [2.75, 3.05) is 6.54 Å². The Balaban J connectivity index is 1.46. The van der Waals surface area contributed by atoms with E-state index in [1.165, 1.54) is 17.0 Å². The molecule has 0 radical (unpaired) electrons. The molecule has 0 spiro atoms. The maximum atomic E-state index is 14.1. The zero-order chi connectivity index (χ0) is 31.6. The number of nitrogens with two attached hydrogens (primary N) is 1. The van der Waals surface area contributed by atoms with Crippen molar-refractivity contribution in [3.63, 3.8) is 0 Å². The van der Waals surface area contributed by atoms with Crippen LogP contribution in [0.15, 0.2) is 91.0 Å². The summed E-state index contributed by atoms with van der Waals surface area (Å²) in [4.78, 5) is 54.9. The predicted molar refractivity (Wildman–Crippen MR) is 161 cm³/mol. The summed E-state index contributed by atoms with van der Waals surface area (Å²) < 4.78 is 13.5. The summed E-state index contributed by atoms with van der Waals surface area (Å²) in [5.41, 5.74) is 6.12. The van der Waals surface area contributed by atoms with E-state index in [9.17, 15) is 28.7 Å². The number of urea groups is 1. The summed E-state index contributed by atoms with van der Waals surface area (Å²) in [6, 6.07) is 23.2. The SMILES string of the molecule is CC1(c2ccc(C(=N)N)cc2)C(=O)N(CC(=O)NC(CC(=O)O)c2ccc(F)cc2)C(=O)N1Cc1ccc2ccccc2c1. The Labute approximate surface area is 252 Å². The van der Waals surface area contributed by atoms with Crippen LogP contribution in [0.1, 0.15) is 41.6 Å². The van der Waals surface area contributed by atoms with Crippen molar-refractivity contribution in [3.8, 4) is 0 Å². The minimum absolute atomic E-state index is 0.0513. The summed E-state index contributed by atoms with van der Waals surface area (Å²) in [5.74, 6) is -3.28. The first-order chi connectivity index (χ1) is 21.0. The standard InChI is InChI=1S/C33H30FN5O5/c1-33(25-12-8-23(9-13-25)30(35)36)31(43)38(19-28(40)37-27(17-29(41)42)22-10-14-26(34)15-11-22)32(44)39(33)18-20-6-7-21-4-2-3-5-24(21)16-20/h2-16,27H,17-19H2,1H3,(H3,35,36)(H,37,40)(H,41,42). The average Bonchev–Trinajstić information content (AvgIpc) is 3.17. The number of carboxylic acid groups (broad SMARTS) is 1. The molecule has 4 amide bonds. The van der Waals surface area contributed by atoms with Gasteiger partial charge in [-0.15, -0.1) is 0 Å². The fourth-order valence-electron chi connectivity index (χ4n) is 5.45. The number of carbonyl (C=O) groups excluding carboxylic acids is 3. The second-order valence-corrected chi connectivity index (χ2v) is 10.8. The molecule has 2 unspecified atom stereocenters.